The molecule has 3 atom stereocenters. The molecule has 0 saturated carbocycles. The summed E-state index contributed by atoms with van der Waals surface area (Å²) in [4.78, 5) is 13.8. The van der Waals surface area contributed by atoms with E-state index >= 15 is 4.39 Å². The van der Waals surface area contributed by atoms with Gasteiger partial charge in [-0.05, 0) is 71.5 Å². The Hall–Kier alpha value is -3.97. The lowest BCUT2D eigenvalue weighted by Gasteiger charge is -2.24. The number of ether oxygens (including phenoxy) is 2. The van der Waals surface area contributed by atoms with E-state index in [0.29, 0.717) is 24.3 Å². The van der Waals surface area contributed by atoms with Crippen LogP contribution in [-0.4, -0.2) is 24.1 Å². The van der Waals surface area contributed by atoms with E-state index in [4.69, 9.17) is 15.0 Å². The third kappa shape index (κ3) is 6.58. The molecular weight excluding hydrogens is 612 g/mol. The lowest BCUT2D eigenvalue weighted by molar-refractivity contribution is -0.143. The molecule has 1 amide bonds. The highest BCUT2D eigenvalue weighted by Crippen LogP contribution is 2.43. The van der Waals surface area contributed by atoms with Crippen molar-refractivity contribution in [3.8, 4) is 16.9 Å². The van der Waals surface area contributed by atoms with E-state index in [0.717, 1.165) is 37.1 Å². The van der Waals surface area contributed by atoms with Gasteiger partial charge < -0.3 is 9.47 Å². The number of nitrogens with zero attached hydrogens (tertiary/aromatic N) is 1. The molecule has 0 bridgehead atoms. The van der Waals surface area contributed by atoms with Gasteiger partial charge in [-0.2, -0.15) is 39.5 Å². The average Bonchev–Trinajstić information content (AvgIpc) is 3.23. The van der Waals surface area contributed by atoms with Crippen LogP contribution >= 0.6 is 0 Å². The number of alkyl halides is 9. The number of methoxy groups -OCH3 is 1. The van der Waals surface area contributed by atoms with Crippen molar-refractivity contribution in [3.63, 3.8) is 0 Å². The predicted octanol–water partition coefficient (Wildman–Crippen LogP) is 9.76. The lowest BCUT2D eigenvalue weighted by Crippen LogP contribution is -2.32. The van der Waals surface area contributed by atoms with Gasteiger partial charge in [0.2, 0.25) is 0 Å². The molecule has 1 saturated heterocycles. The Morgan fingerprint density at radius 2 is 1.50 bits per heavy atom. The van der Waals surface area contributed by atoms with E-state index in [1.54, 1.807) is 0 Å². The van der Waals surface area contributed by atoms with Gasteiger partial charge in [0, 0.05) is 17.1 Å². The second kappa shape index (κ2) is 11.5. The van der Waals surface area contributed by atoms with Gasteiger partial charge in [-0.15, -0.1) is 0 Å². The van der Waals surface area contributed by atoms with Crippen LogP contribution in [0.4, 0.5) is 48.7 Å². The molecule has 3 aromatic carbocycles. The molecule has 0 radical (unpaired) electrons. The third-order valence-corrected chi connectivity index (χ3v) is 7.09. The zero-order valence-corrected chi connectivity index (χ0v) is 22.9. The van der Waals surface area contributed by atoms with Crippen LogP contribution in [0.25, 0.3) is 11.1 Å². The highest BCUT2D eigenvalue weighted by molar-refractivity contribution is 5.76. The quantitative estimate of drug-likeness (QED) is 0.252. The van der Waals surface area contributed by atoms with E-state index in [9.17, 15) is 44.3 Å². The highest BCUT2D eigenvalue weighted by atomic mass is 19.4. The molecule has 1 aliphatic rings. The summed E-state index contributed by atoms with van der Waals surface area (Å²) in [6.07, 6.45) is -18.4. The van der Waals surface area contributed by atoms with Gasteiger partial charge in [0.05, 0.1) is 36.4 Å². The molecular formula is C30H25F10NO3. The average molecular weight is 642 g/mol. The summed E-state index contributed by atoms with van der Waals surface area (Å²) < 4.78 is 179. The predicted molar refractivity (Wildman–Crippen MR) is 138 cm³/mol. The summed E-state index contributed by atoms with van der Waals surface area (Å²) >= 11 is 0. The van der Waals surface area contributed by atoms with Crippen molar-refractivity contribution in [3.05, 3.63) is 87.7 Å². The van der Waals surface area contributed by atoms with Gasteiger partial charge in [0.1, 0.15) is 17.7 Å². The minimum absolute atomic E-state index is 0.115. The molecule has 4 nitrogen and oxygen atoms in total. The van der Waals surface area contributed by atoms with Crippen LogP contribution in [0, 0.1) is 5.82 Å². The highest BCUT2D eigenvalue weighted by Gasteiger charge is 2.44. The Balaban J connectivity index is 1.86. The van der Waals surface area contributed by atoms with Crippen LogP contribution in [0.1, 0.15) is 71.6 Å². The Morgan fingerprint density at radius 3 is 2.02 bits per heavy atom. The Kier molecular flexibility index (Phi) is 7.21. The maximum Gasteiger partial charge on any atom is 0.416 e. The second-order valence-corrected chi connectivity index (χ2v) is 10.0. The Labute approximate surface area is 250 Å². The smallest absolute Gasteiger partial charge is 0.416 e. The van der Waals surface area contributed by atoms with Gasteiger partial charge in [-0.3, -0.25) is 4.90 Å². The number of rotatable bonds is 6. The molecule has 4 rings (SSSR count). The van der Waals surface area contributed by atoms with Gasteiger partial charge in [0.15, 0.2) is 0 Å². The standard InChI is InChI=1S/C30H25F10NO3/c1-14(2)22-11-23(25(43-4)12-24(22)31)21-6-5-18(28(32,33)34)9-17(21)13-41-15(3)26(44-27(41)42)16-7-19(29(35,36)37)10-20(8-16)30(38,39)40/h5-12,14-15,26H,13H2,1-4H3/t15-,26-/m0/s1/i1D3,14D/t14?,15-,26-. The fourth-order valence-corrected chi connectivity index (χ4v) is 4.87. The molecule has 14 heteroatoms. The first-order chi connectivity index (χ1) is 21.8. The van der Waals surface area contributed by atoms with Crippen LogP contribution in [0.5, 0.6) is 5.75 Å². The third-order valence-electron chi connectivity index (χ3n) is 7.09. The van der Waals surface area contributed by atoms with Crippen LogP contribution in [-0.2, 0) is 29.8 Å². The van der Waals surface area contributed by atoms with Gasteiger partial charge in [0.25, 0.3) is 0 Å². The number of cyclic esters (lactones) is 1. The molecule has 1 aliphatic heterocycles. The van der Waals surface area contributed by atoms with Gasteiger partial charge in [-0.25, -0.2) is 9.18 Å². The molecule has 0 N–H and O–H groups in total. The van der Waals surface area contributed by atoms with Crippen molar-refractivity contribution >= 4 is 6.09 Å². The van der Waals surface area contributed by atoms with Crippen molar-refractivity contribution in [1.82, 2.24) is 4.90 Å². The molecule has 238 valence electrons. The fourth-order valence-electron chi connectivity index (χ4n) is 4.87. The second-order valence-electron chi connectivity index (χ2n) is 10.0. The summed E-state index contributed by atoms with van der Waals surface area (Å²) in [7, 11) is 1.08. The number of hydrogen-bond donors (Lipinski definition) is 0. The first-order valence-electron chi connectivity index (χ1n) is 14.6. The number of halogens is 10. The van der Waals surface area contributed by atoms with Crippen LogP contribution < -0.4 is 4.74 Å². The summed E-state index contributed by atoms with van der Waals surface area (Å²) in [5.41, 5.74) is -6.55. The minimum Gasteiger partial charge on any atom is -0.496 e. The van der Waals surface area contributed by atoms with Crippen molar-refractivity contribution in [2.45, 2.75) is 63.8 Å². The van der Waals surface area contributed by atoms with Crippen molar-refractivity contribution in [2.24, 2.45) is 0 Å². The zero-order valence-electron chi connectivity index (χ0n) is 26.9. The van der Waals surface area contributed by atoms with Crippen LogP contribution in [0.15, 0.2) is 48.5 Å². The molecule has 1 heterocycles. The molecule has 0 aromatic heterocycles. The first-order valence-corrected chi connectivity index (χ1v) is 12.6. The number of carbonyl (C=O) groups is 1. The molecule has 44 heavy (non-hydrogen) atoms. The Bertz CT molecular complexity index is 1690. The lowest BCUT2D eigenvalue weighted by atomic mass is 9.91. The van der Waals surface area contributed by atoms with E-state index in [1.807, 2.05) is 0 Å². The summed E-state index contributed by atoms with van der Waals surface area (Å²) in [5.74, 6) is -4.01. The molecule has 1 fully saturated rings. The number of carbonyl (C=O) groups excluding carboxylic acids is 1. The van der Waals surface area contributed by atoms with Gasteiger partial charge in [-0.1, -0.05) is 19.8 Å². The molecule has 0 spiro atoms. The monoisotopic (exact) mass is 641 g/mol. The maximum absolute atomic E-state index is 15.1. The summed E-state index contributed by atoms with van der Waals surface area (Å²) in [6, 6.07) is 3.13. The number of hydrogen-bond acceptors (Lipinski definition) is 3. The van der Waals surface area contributed by atoms with Crippen LogP contribution in [0.3, 0.4) is 0 Å². The molecule has 0 aliphatic carbocycles. The van der Waals surface area contributed by atoms with Crippen molar-refractivity contribution < 1.29 is 63.7 Å². The maximum atomic E-state index is 15.1. The van der Waals surface area contributed by atoms with Crippen molar-refractivity contribution in [1.29, 1.82) is 0 Å². The van der Waals surface area contributed by atoms with E-state index < -0.39 is 89.7 Å². The fraction of sp³-hybridized carbons (Fsp3) is 0.367. The topological polar surface area (TPSA) is 38.8 Å². The van der Waals surface area contributed by atoms with Crippen molar-refractivity contribution in [2.75, 3.05) is 7.11 Å². The minimum atomic E-state index is -5.21. The zero-order chi connectivity index (χ0) is 36.4. The SMILES string of the molecule is [2H]C([2H])([2H])C([2H])(C)c1cc(-c2ccc(C(F)(F)F)cc2CN2C(=O)O[C@H](c3cc(C(F)(F)F)cc(C(F)(F)F)c3)[C@@H]2C)c(OC)cc1F. The van der Waals surface area contributed by atoms with Crippen LogP contribution in [0.2, 0.25) is 0 Å². The first kappa shape index (κ1) is 27.6. The molecule has 3 aromatic rings. The largest absolute Gasteiger partial charge is 0.496 e. The van der Waals surface area contributed by atoms with E-state index in [1.165, 1.54) is 6.92 Å². The Morgan fingerprint density at radius 1 is 0.909 bits per heavy atom. The normalized spacial score (nSPS) is 20.8. The number of benzene rings is 3. The van der Waals surface area contributed by atoms with E-state index in [2.05, 4.69) is 0 Å². The molecule has 1 unspecified atom stereocenters. The van der Waals surface area contributed by atoms with E-state index in [-0.39, 0.29) is 28.5 Å². The number of amides is 1. The van der Waals surface area contributed by atoms with Gasteiger partial charge >= 0.3 is 24.6 Å². The summed E-state index contributed by atoms with van der Waals surface area (Å²) in [6.45, 7) is -1.72. The summed E-state index contributed by atoms with van der Waals surface area (Å²) in [5, 5.41) is 0.